The normalized spacial score (nSPS) is 17.2. The van der Waals surface area contributed by atoms with Gasteiger partial charge in [-0.05, 0) is 56.2 Å². The minimum absolute atomic E-state index is 0.131. The number of ether oxygens (including phenoxy) is 1. The van der Waals surface area contributed by atoms with E-state index in [4.69, 9.17) is 28.6 Å². The summed E-state index contributed by atoms with van der Waals surface area (Å²) in [5.41, 5.74) is 1.98. The van der Waals surface area contributed by atoms with Gasteiger partial charge in [0.2, 0.25) is 4.77 Å². The van der Waals surface area contributed by atoms with Crippen LogP contribution in [-0.4, -0.2) is 37.5 Å². The van der Waals surface area contributed by atoms with Crippen LogP contribution in [0, 0.1) is 17.5 Å². The molecule has 1 aliphatic rings. The van der Waals surface area contributed by atoms with Crippen molar-refractivity contribution >= 4 is 30.0 Å². The van der Waals surface area contributed by atoms with Crippen molar-refractivity contribution in [1.29, 1.82) is 0 Å². The van der Waals surface area contributed by atoms with E-state index in [1.54, 1.807) is 18.3 Å². The molecule has 27 heavy (non-hydrogen) atoms. The number of aromatic nitrogens is 5. The van der Waals surface area contributed by atoms with E-state index in [0.717, 1.165) is 12.8 Å². The molecule has 10 heteroatoms. The summed E-state index contributed by atoms with van der Waals surface area (Å²) in [6.07, 6.45) is 3.31. The van der Waals surface area contributed by atoms with Crippen LogP contribution in [0.4, 0.5) is 4.39 Å². The van der Waals surface area contributed by atoms with Crippen molar-refractivity contribution < 1.29 is 9.13 Å². The van der Waals surface area contributed by atoms with Crippen LogP contribution in [-0.2, 0) is 4.74 Å². The first-order valence-corrected chi connectivity index (χ1v) is 9.17. The third kappa shape index (κ3) is 3.45. The largest absolute Gasteiger partial charge is 0.370 e. The number of halogens is 2. The smallest absolute Gasteiger partial charge is 0.216 e. The summed E-state index contributed by atoms with van der Waals surface area (Å²) in [6, 6.07) is 5.93. The third-order valence-electron chi connectivity index (χ3n) is 4.31. The summed E-state index contributed by atoms with van der Waals surface area (Å²) in [5, 5.41) is 16.2. The zero-order chi connectivity index (χ0) is 19.0. The molecule has 0 saturated carbocycles. The number of nitrogens with zero attached hydrogens (tertiary/aromatic N) is 5. The average Bonchev–Trinajstić information content (AvgIpc) is 3.36. The van der Waals surface area contributed by atoms with Crippen LogP contribution in [0.3, 0.4) is 0 Å². The summed E-state index contributed by atoms with van der Waals surface area (Å²) in [6.45, 7) is 2.52. The molecule has 1 aromatic carbocycles. The molecule has 2 aromatic heterocycles. The molecule has 0 unspecified atom stereocenters. The number of benzene rings is 1. The third-order valence-corrected chi connectivity index (χ3v) is 4.94. The van der Waals surface area contributed by atoms with Gasteiger partial charge in [-0.1, -0.05) is 11.6 Å². The van der Waals surface area contributed by atoms with Crippen molar-refractivity contribution in [3.63, 3.8) is 0 Å². The van der Waals surface area contributed by atoms with Crippen molar-refractivity contribution in [3.8, 4) is 5.69 Å². The van der Waals surface area contributed by atoms with Gasteiger partial charge in [0.05, 0.1) is 23.2 Å². The second-order valence-electron chi connectivity index (χ2n) is 6.12. The quantitative estimate of drug-likeness (QED) is 0.525. The molecule has 0 bridgehead atoms. The second kappa shape index (κ2) is 7.34. The molecule has 4 rings (SSSR count). The molecule has 0 spiro atoms. The summed E-state index contributed by atoms with van der Waals surface area (Å²) in [5.74, 6) is 0.310. The number of aromatic amines is 1. The molecule has 0 amide bonds. The zero-order valence-electron chi connectivity index (χ0n) is 14.4. The van der Waals surface area contributed by atoms with Crippen LogP contribution in [0.2, 0.25) is 5.15 Å². The molecule has 0 radical (unpaired) electrons. The Hall–Kier alpha value is -2.36. The van der Waals surface area contributed by atoms with Gasteiger partial charge in [0.25, 0.3) is 0 Å². The lowest BCUT2D eigenvalue weighted by molar-refractivity contribution is 0.102. The SMILES string of the molecule is Cc1nn(-c2ccc(F)cc2)c(Cl)c1C=Nn1c([C@H]2CCCO2)n[nH]c1=S. The van der Waals surface area contributed by atoms with Crippen molar-refractivity contribution in [1.82, 2.24) is 24.7 Å². The van der Waals surface area contributed by atoms with Gasteiger partial charge in [0.15, 0.2) is 5.82 Å². The monoisotopic (exact) mass is 406 g/mol. The maximum atomic E-state index is 13.2. The number of hydrogen-bond acceptors (Lipinski definition) is 5. The minimum atomic E-state index is -0.323. The fourth-order valence-electron chi connectivity index (χ4n) is 2.93. The maximum absolute atomic E-state index is 13.2. The highest BCUT2D eigenvalue weighted by atomic mass is 35.5. The topological polar surface area (TPSA) is 73.0 Å². The first-order chi connectivity index (χ1) is 13.0. The molecule has 1 saturated heterocycles. The fourth-order valence-corrected chi connectivity index (χ4v) is 3.44. The highest BCUT2D eigenvalue weighted by Gasteiger charge is 2.23. The molecule has 7 nitrogen and oxygen atoms in total. The number of rotatable bonds is 4. The van der Waals surface area contributed by atoms with Crippen molar-refractivity contribution in [2.24, 2.45) is 5.10 Å². The fraction of sp³-hybridized carbons (Fsp3) is 0.294. The van der Waals surface area contributed by atoms with Crippen molar-refractivity contribution in [2.45, 2.75) is 25.9 Å². The van der Waals surface area contributed by atoms with Gasteiger partial charge in [-0.2, -0.15) is 20.0 Å². The predicted molar refractivity (Wildman–Crippen MR) is 102 cm³/mol. The lowest BCUT2D eigenvalue weighted by Gasteiger charge is -2.07. The van der Waals surface area contributed by atoms with Gasteiger partial charge in [-0.3, -0.25) is 5.10 Å². The van der Waals surface area contributed by atoms with E-state index in [2.05, 4.69) is 20.4 Å². The molecule has 1 N–H and O–H groups in total. The Balaban J connectivity index is 1.69. The second-order valence-corrected chi connectivity index (χ2v) is 6.87. The Morgan fingerprint density at radius 1 is 1.41 bits per heavy atom. The number of hydrogen-bond donors (Lipinski definition) is 1. The average molecular weight is 407 g/mol. The Morgan fingerprint density at radius 2 is 2.19 bits per heavy atom. The van der Waals surface area contributed by atoms with E-state index >= 15 is 0 Å². The van der Waals surface area contributed by atoms with E-state index in [0.29, 0.717) is 39.3 Å². The molecule has 140 valence electrons. The van der Waals surface area contributed by atoms with Crippen molar-refractivity contribution in [3.05, 3.63) is 57.1 Å². The zero-order valence-corrected chi connectivity index (χ0v) is 16.0. The first kappa shape index (κ1) is 18.0. The summed E-state index contributed by atoms with van der Waals surface area (Å²) >= 11 is 11.8. The lowest BCUT2D eigenvalue weighted by Crippen LogP contribution is -2.05. The van der Waals surface area contributed by atoms with Gasteiger partial charge in [-0.25, -0.2) is 9.07 Å². The number of H-pyrrole nitrogens is 1. The molecule has 3 heterocycles. The van der Waals surface area contributed by atoms with Crippen LogP contribution >= 0.6 is 23.8 Å². The van der Waals surface area contributed by atoms with Gasteiger partial charge in [0.1, 0.15) is 17.1 Å². The Labute approximate surface area is 164 Å². The Kier molecular flexibility index (Phi) is 4.90. The van der Waals surface area contributed by atoms with Gasteiger partial charge >= 0.3 is 0 Å². The molecular formula is C17H16ClFN6OS. The maximum Gasteiger partial charge on any atom is 0.216 e. The van der Waals surface area contributed by atoms with Gasteiger partial charge in [0, 0.05) is 6.61 Å². The lowest BCUT2D eigenvalue weighted by atomic mass is 10.2. The van der Waals surface area contributed by atoms with Gasteiger partial charge in [-0.15, -0.1) is 0 Å². The standard InChI is InChI=1S/C17H16ClFN6OS/c1-10-13(15(18)24(23-10)12-6-4-11(19)5-7-12)9-20-25-16(21-22-17(25)27)14-3-2-8-26-14/h4-7,9,14H,2-3,8H2,1H3,(H,22,27)/t14-/m1/s1. The minimum Gasteiger partial charge on any atom is -0.370 e. The molecule has 0 aliphatic carbocycles. The van der Waals surface area contributed by atoms with E-state index in [9.17, 15) is 4.39 Å². The van der Waals surface area contributed by atoms with E-state index < -0.39 is 0 Å². The summed E-state index contributed by atoms with van der Waals surface area (Å²) < 4.78 is 22.3. The summed E-state index contributed by atoms with van der Waals surface area (Å²) in [4.78, 5) is 0. The first-order valence-electron chi connectivity index (χ1n) is 8.39. The van der Waals surface area contributed by atoms with Crippen molar-refractivity contribution in [2.75, 3.05) is 6.61 Å². The van der Waals surface area contributed by atoms with Crippen LogP contribution in [0.1, 0.15) is 36.0 Å². The van der Waals surface area contributed by atoms with Gasteiger partial charge < -0.3 is 4.74 Å². The Bertz CT molecular complexity index is 1050. The van der Waals surface area contributed by atoms with E-state index in [1.165, 1.54) is 21.5 Å². The highest BCUT2D eigenvalue weighted by Crippen LogP contribution is 2.27. The molecule has 3 aromatic rings. The van der Waals surface area contributed by atoms with Crippen LogP contribution in [0.25, 0.3) is 5.69 Å². The molecule has 1 fully saturated rings. The van der Waals surface area contributed by atoms with Crippen LogP contribution < -0.4 is 0 Å². The molecule has 1 aliphatic heterocycles. The molecule has 1 atom stereocenters. The van der Waals surface area contributed by atoms with E-state index in [-0.39, 0.29) is 11.9 Å². The summed E-state index contributed by atoms with van der Waals surface area (Å²) in [7, 11) is 0. The Morgan fingerprint density at radius 3 is 2.89 bits per heavy atom. The predicted octanol–water partition coefficient (Wildman–Crippen LogP) is 3.96. The molecular weight excluding hydrogens is 391 g/mol. The number of aryl methyl sites for hydroxylation is 1. The number of nitrogens with one attached hydrogen (secondary N) is 1. The van der Waals surface area contributed by atoms with E-state index in [1.807, 2.05) is 6.92 Å². The highest BCUT2D eigenvalue weighted by molar-refractivity contribution is 7.71. The van der Waals surface area contributed by atoms with Crippen LogP contribution in [0.15, 0.2) is 29.4 Å². The van der Waals surface area contributed by atoms with Crippen LogP contribution in [0.5, 0.6) is 0 Å².